The van der Waals surface area contributed by atoms with E-state index in [-0.39, 0.29) is 11.7 Å². The molecule has 2 aromatic heterocycles. The summed E-state index contributed by atoms with van der Waals surface area (Å²) >= 11 is 1.51. The Morgan fingerprint density at radius 3 is 2.86 bits per heavy atom. The molecule has 1 unspecified atom stereocenters. The standard InChI is InChI=1S/C14H12N4O2S/c1-9(14-15-6-7-21-14)17-13-10-4-2-3-5-11(10)16-8-12(13)18(19)20/h2-9H,1H3,(H,16,17). The van der Waals surface area contributed by atoms with E-state index >= 15 is 0 Å². The molecule has 1 aromatic carbocycles. The minimum atomic E-state index is -0.420. The smallest absolute Gasteiger partial charge is 0.311 e. The molecule has 0 bridgehead atoms. The first-order chi connectivity index (χ1) is 10.2. The molecular formula is C14H12N4O2S. The third-order valence-corrected chi connectivity index (χ3v) is 4.09. The van der Waals surface area contributed by atoms with Crippen LogP contribution in [0.25, 0.3) is 10.9 Å². The number of hydrogen-bond donors (Lipinski definition) is 1. The van der Waals surface area contributed by atoms with Crippen LogP contribution in [0.3, 0.4) is 0 Å². The van der Waals surface area contributed by atoms with Gasteiger partial charge in [0.15, 0.2) is 0 Å². The van der Waals surface area contributed by atoms with Gasteiger partial charge in [-0.25, -0.2) is 9.97 Å². The Morgan fingerprint density at radius 1 is 1.33 bits per heavy atom. The van der Waals surface area contributed by atoms with Crippen molar-refractivity contribution < 1.29 is 4.92 Å². The third-order valence-electron chi connectivity index (χ3n) is 3.13. The van der Waals surface area contributed by atoms with Gasteiger partial charge in [0.2, 0.25) is 0 Å². The summed E-state index contributed by atoms with van der Waals surface area (Å²) in [5.41, 5.74) is 1.17. The number of fused-ring (bicyclic) bond motifs is 1. The first-order valence-electron chi connectivity index (χ1n) is 6.35. The van der Waals surface area contributed by atoms with Crippen molar-refractivity contribution in [2.45, 2.75) is 13.0 Å². The molecule has 6 nitrogen and oxygen atoms in total. The van der Waals surface area contributed by atoms with Gasteiger partial charge in [-0.05, 0) is 13.0 Å². The minimum absolute atomic E-state index is 0.0305. The Kier molecular flexibility index (Phi) is 3.49. The number of nitrogens with zero attached hydrogens (tertiary/aromatic N) is 3. The summed E-state index contributed by atoms with van der Waals surface area (Å²) in [4.78, 5) is 19.2. The van der Waals surface area contributed by atoms with E-state index in [0.717, 1.165) is 15.9 Å². The molecule has 2 heterocycles. The number of nitro groups is 1. The first-order valence-corrected chi connectivity index (χ1v) is 7.23. The highest BCUT2D eigenvalue weighted by molar-refractivity contribution is 7.09. The molecular weight excluding hydrogens is 288 g/mol. The van der Waals surface area contributed by atoms with E-state index in [2.05, 4.69) is 15.3 Å². The molecule has 0 saturated heterocycles. The van der Waals surface area contributed by atoms with Crippen LogP contribution in [0.4, 0.5) is 11.4 Å². The van der Waals surface area contributed by atoms with Crippen LogP contribution in [-0.2, 0) is 0 Å². The second-order valence-electron chi connectivity index (χ2n) is 4.53. The molecule has 106 valence electrons. The Labute approximate surface area is 124 Å². The van der Waals surface area contributed by atoms with Crippen molar-refractivity contribution in [2.24, 2.45) is 0 Å². The van der Waals surface area contributed by atoms with Gasteiger partial charge in [-0.3, -0.25) is 10.1 Å². The van der Waals surface area contributed by atoms with Crippen LogP contribution in [0, 0.1) is 10.1 Å². The van der Waals surface area contributed by atoms with Crippen LogP contribution < -0.4 is 5.32 Å². The minimum Gasteiger partial charge on any atom is -0.370 e. The van der Waals surface area contributed by atoms with Crippen molar-refractivity contribution in [2.75, 3.05) is 5.32 Å². The lowest BCUT2D eigenvalue weighted by Gasteiger charge is -2.14. The van der Waals surface area contributed by atoms with Crippen LogP contribution >= 0.6 is 11.3 Å². The number of rotatable bonds is 4. The fourth-order valence-corrected chi connectivity index (χ4v) is 2.79. The normalized spacial score (nSPS) is 12.2. The topological polar surface area (TPSA) is 81.0 Å². The molecule has 0 fully saturated rings. The quantitative estimate of drug-likeness (QED) is 0.586. The fourth-order valence-electron chi connectivity index (χ4n) is 2.15. The molecule has 0 aliphatic heterocycles. The molecule has 21 heavy (non-hydrogen) atoms. The Bertz CT molecular complexity index is 789. The van der Waals surface area contributed by atoms with E-state index in [9.17, 15) is 10.1 Å². The molecule has 3 aromatic rings. The van der Waals surface area contributed by atoms with E-state index in [1.165, 1.54) is 17.5 Å². The van der Waals surface area contributed by atoms with Crippen molar-refractivity contribution in [1.29, 1.82) is 0 Å². The van der Waals surface area contributed by atoms with Crippen molar-refractivity contribution in [1.82, 2.24) is 9.97 Å². The maximum atomic E-state index is 11.2. The summed E-state index contributed by atoms with van der Waals surface area (Å²) in [6.45, 7) is 1.93. The molecule has 0 radical (unpaired) electrons. The first kappa shape index (κ1) is 13.4. The number of thiazole rings is 1. The SMILES string of the molecule is CC(Nc1c([N+](=O)[O-])cnc2ccccc12)c1nccs1. The van der Waals surface area contributed by atoms with E-state index in [4.69, 9.17) is 0 Å². The van der Waals surface area contributed by atoms with Gasteiger partial charge in [0.25, 0.3) is 0 Å². The second-order valence-corrected chi connectivity index (χ2v) is 5.46. The Balaban J connectivity index is 2.10. The average molecular weight is 300 g/mol. The zero-order valence-corrected chi connectivity index (χ0v) is 12.0. The summed E-state index contributed by atoms with van der Waals surface area (Å²) < 4.78 is 0. The summed E-state index contributed by atoms with van der Waals surface area (Å²) in [6, 6.07) is 7.24. The highest BCUT2D eigenvalue weighted by Crippen LogP contribution is 2.34. The Hall–Kier alpha value is -2.54. The van der Waals surface area contributed by atoms with Gasteiger partial charge in [-0.15, -0.1) is 11.3 Å². The van der Waals surface area contributed by atoms with Crippen molar-refractivity contribution in [3.63, 3.8) is 0 Å². The van der Waals surface area contributed by atoms with Crippen LogP contribution in [0.2, 0.25) is 0 Å². The lowest BCUT2D eigenvalue weighted by atomic mass is 10.1. The van der Waals surface area contributed by atoms with E-state index in [0.29, 0.717) is 5.69 Å². The highest BCUT2D eigenvalue weighted by atomic mass is 32.1. The lowest BCUT2D eigenvalue weighted by molar-refractivity contribution is -0.384. The van der Waals surface area contributed by atoms with Gasteiger partial charge < -0.3 is 5.32 Å². The maximum absolute atomic E-state index is 11.2. The van der Waals surface area contributed by atoms with E-state index < -0.39 is 4.92 Å². The monoisotopic (exact) mass is 300 g/mol. The van der Waals surface area contributed by atoms with Crippen molar-refractivity contribution in [3.8, 4) is 0 Å². The van der Waals surface area contributed by atoms with Crippen LogP contribution in [-0.4, -0.2) is 14.9 Å². The predicted octanol–water partition coefficient (Wildman–Crippen LogP) is 3.77. The second kappa shape index (κ2) is 5.45. The number of pyridine rings is 1. The molecule has 0 spiro atoms. The fraction of sp³-hybridized carbons (Fsp3) is 0.143. The number of benzene rings is 1. The van der Waals surface area contributed by atoms with E-state index in [1.807, 2.05) is 36.6 Å². The maximum Gasteiger partial charge on any atom is 0.311 e. The van der Waals surface area contributed by atoms with Gasteiger partial charge >= 0.3 is 5.69 Å². The highest BCUT2D eigenvalue weighted by Gasteiger charge is 2.20. The summed E-state index contributed by atoms with van der Waals surface area (Å²) in [7, 11) is 0. The number of anilines is 1. The van der Waals surface area contributed by atoms with Crippen LogP contribution in [0.1, 0.15) is 18.0 Å². The van der Waals surface area contributed by atoms with Gasteiger partial charge in [-0.2, -0.15) is 0 Å². The molecule has 0 aliphatic carbocycles. The number of aromatic nitrogens is 2. The van der Waals surface area contributed by atoms with Gasteiger partial charge in [0.05, 0.1) is 16.5 Å². The van der Waals surface area contributed by atoms with Gasteiger partial charge in [0.1, 0.15) is 16.9 Å². The summed E-state index contributed by atoms with van der Waals surface area (Å²) in [5.74, 6) is 0. The van der Waals surface area contributed by atoms with Gasteiger partial charge in [-0.1, -0.05) is 18.2 Å². The van der Waals surface area contributed by atoms with Crippen LogP contribution in [0.5, 0.6) is 0 Å². The predicted molar refractivity (Wildman–Crippen MR) is 82.5 cm³/mol. The Morgan fingerprint density at radius 2 is 2.14 bits per heavy atom. The zero-order chi connectivity index (χ0) is 14.8. The van der Waals surface area contributed by atoms with Crippen molar-refractivity contribution >= 4 is 33.6 Å². The molecule has 7 heteroatoms. The average Bonchev–Trinajstić information content (AvgIpc) is 3.01. The number of nitrogens with one attached hydrogen (secondary N) is 1. The molecule has 0 saturated carbocycles. The van der Waals surface area contributed by atoms with Crippen molar-refractivity contribution in [3.05, 3.63) is 57.2 Å². The molecule has 0 aliphatic rings. The number of hydrogen-bond acceptors (Lipinski definition) is 6. The largest absolute Gasteiger partial charge is 0.370 e. The summed E-state index contributed by atoms with van der Waals surface area (Å²) in [5, 5.41) is 17.9. The third kappa shape index (κ3) is 2.55. The summed E-state index contributed by atoms with van der Waals surface area (Å²) in [6.07, 6.45) is 3.01. The van der Waals surface area contributed by atoms with E-state index in [1.54, 1.807) is 6.20 Å². The molecule has 1 N–H and O–H groups in total. The zero-order valence-electron chi connectivity index (χ0n) is 11.2. The lowest BCUT2D eigenvalue weighted by Crippen LogP contribution is -2.09. The number of para-hydroxylation sites is 1. The molecule has 0 amide bonds. The molecule has 1 atom stereocenters. The van der Waals surface area contributed by atoms with Crippen LogP contribution in [0.15, 0.2) is 42.0 Å². The van der Waals surface area contributed by atoms with Gasteiger partial charge in [0, 0.05) is 17.0 Å². The molecule has 3 rings (SSSR count).